The molecule has 5 heteroatoms. The highest BCUT2D eigenvalue weighted by molar-refractivity contribution is 5.67. The Morgan fingerprint density at radius 3 is 2.35 bits per heavy atom. The van der Waals surface area contributed by atoms with Gasteiger partial charge in [0.15, 0.2) is 12.6 Å². The lowest BCUT2D eigenvalue weighted by molar-refractivity contribution is -0.216. The van der Waals surface area contributed by atoms with E-state index in [4.69, 9.17) is 18.9 Å². The second-order valence-corrected chi connectivity index (χ2v) is 12.3. The lowest BCUT2D eigenvalue weighted by Crippen LogP contribution is -2.53. The SMILES string of the molecule is C[C@]12CC[C@H]3[C@@H](CC=C4C[C@@H](OC5CCCCO5)CC[C@@]43C=O)[C@@H]1CC[C@@H]2OC1CCCCO1. The zero-order valence-electron chi connectivity index (χ0n) is 21.1. The smallest absolute Gasteiger partial charge is 0.157 e. The van der Waals surface area contributed by atoms with E-state index in [-0.39, 0.29) is 29.5 Å². The highest BCUT2D eigenvalue weighted by atomic mass is 16.7. The predicted octanol–water partition coefficient (Wildman–Crippen LogP) is 5.95. The second-order valence-electron chi connectivity index (χ2n) is 12.3. The number of carbonyl (C=O) groups is 1. The minimum atomic E-state index is -0.261. The van der Waals surface area contributed by atoms with E-state index in [0.717, 1.165) is 77.4 Å². The molecule has 4 aliphatic carbocycles. The van der Waals surface area contributed by atoms with Gasteiger partial charge >= 0.3 is 0 Å². The van der Waals surface area contributed by atoms with Crippen LogP contribution < -0.4 is 0 Å². The molecular weight excluding hydrogens is 428 g/mol. The molecule has 6 rings (SSSR count). The summed E-state index contributed by atoms with van der Waals surface area (Å²) in [5.41, 5.74) is 1.33. The number of carbonyl (C=O) groups excluding carboxylic acids is 1. The summed E-state index contributed by atoms with van der Waals surface area (Å²) in [4.78, 5) is 12.8. The molecule has 5 nitrogen and oxygen atoms in total. The second kappa shape index (κ2) is 9.61. The average Bonchev–Trinajstić information content (AvgIpc) is 3.21. The Kier molecular flexibility index (Phi) is 6.68. The van der Waals surface area contributed by atoms with Crippen molar-refractivity contribution in [1.82, 2.24) is 0 Å². The monoisotopic (exact) mass is 472 g/mol. The van der Waals surface area contributed by atoms with Crippen molar-refractivity contribution >= 4 is 6.29 Å². The summed E-state index contributed by atoms with van der Waals surface area (Å²) in [5.74, 6) is 1.74. The van der Waals surface area contributed by atoms with Crippen LogP contribution in [0.1, 0.15) is 96.8 Å². The van der Waals surface area contributed by atoms with Crippen LogP contribution in [-0.2, 0) is 23.7 Å². The molecule has 0 radical (unpaired) electrons. The van der Waals surface area contributed by atoms with E-state index in [9.17, 15) is 4.79 Å². The van der Waals surface area contributed by atoms with Gasteiger partial charge in [-0.25, -0.2) is 0 Å². The number of rotatable bonds is 5. The molecule has 5 fully saturated rings. The lowest BCUT2D eigenvalue weighted by atomic mass is 9.47. The Hall–Kier alpha value is -0.750. The van der Waals surface area contributed by atoms with E-state index in [1.165, 1.54) is 37.5 Å². The van der Waals surface area contributed by atoms with E-state index in [0.29, 0.717) is 23.9 Å². The van der Waals surface area contributed by atoms with Crippen LogP contribution in [0.15, 0.2) is 11.6 Å². The van der Waals surface area contributed by atoms with E-state index < -0.39 is 0 Å². The average molecular weight is 473 g/mol. The molecule has 0 aromatic carbocycles. The van der Waals surface area contributed by atoms with Gasteiger partial charge in [0.25, 0.3) is 0 Å². The number of hydrogen-bond donors (Lipinski definition) is 0. The molecule has 0 spiro atoms. The Morgan fingerprint density at radius 1 is 0.882 bits per heavy atom. The van der Waals surface area contributed by atoms with Crippen molar-refractivity contribution in [1.29, 1.82) is 0 Å². The number of hydrogen-bond acceptors (Lipinski definition) is 5. The van der Waals surface area contributed by atoms with Crippen molar-refractivity contribution in [2.75, 3.05) is 13.2 Å². The summed E-state index contributed by atoms with van der Waals surface area (Å²) < 4.78 is 24.8. The maximum absolute atomic E-state index is 12.8. The number of ether oxygens (including phenoxy) is 4. The van der Waals surface area contributed by atoms with E-state index in [2.05, 4.69) is 13.0 Å². The van der Waals surface area contributed by atoms with Gasteiger partial charge in [0.05, 0.1) is 17.6 Å². The van der Waals surface area contributed by atoms with Crippen LogP contribution in [0.2, 0.25) is 0 Å². The fourth-order valence-corrected chi connectivity index (χ4v) is 8.88. The Balaban J connectivity index is 1.16. The minimum Gasteiger partial charge on any atom is -0.353 e. The fraction of sp³-hybridized carbons (Fsp3) is 0.897. The molecule has 0 bridgehead atoms. The molecule has 6 aliphatic rings. The summed E-state index contributed by atoms with van der Waals surface area (Å²) in [6, 6.07) is 0. The van der Waals surface area contributed by atoms with Crippen LogP contribution in [-0.4, -0.2) is 44.3 Å². The molecule has 3 saturated carbocycles. The van der Waals surface area contributed by atoms with Gasteiger partial charge in [-0.05, 0) is 113 Å². The van der Waals surface area contributed by atoms with E-state index >= 15 is 0 Å². The molecule has 9 atom stereocenters. The molecule has 2 saturated heterocycles. The van der Waals surface area contributed by atoms with Crippen molar-refractivity contribution in [2.45, 2.75) is 122 Å². The quantitative estimate of drug-likeness (QED) is 0.365. The lowest BCUT2D eigenvalue weighted by Gasteiger charge is -2.57. The third kappa shape index (κ3) is 4.03. The van der Waals surface area contributed by atoms with Gasteiger partial charge in [-0.3, -0.25) is 0 Å². The summed E-state index contributed by atoms with van der Waals surface area (Å²) >= 11 is 0. The van der Waals surface area contributed by atoms with Crippen LogP contribution in [0.3, 0.4) is 0 Å². The third-order valence-electron chi connectivity index (χ3n) is 10.7. The van der Waals surface area contributed by atoms with Crippen LogP contribution in [0.5, 0.6) is 0 Å². The maximum atomic E-state index is 12.8. The van der Waals surface area contributed by atoms with Gasteiger partial charge in [0.2, 0.25) is 0 Å². The topological polar surface area (TPSA) is 54.0 Å². The molecule has 0 N–H and O–H groups in total. The molecule has 0 amide bonds. The van der Waals surface area contributed by atoms with Crippen LogP contribution in [0.4, 0.5) is 0 Å². The largest absolute Gasteiger partial charge is 0.353 e. The fourth-order valence-electron chi connectivity index (χ4n) is 8.88. The Bertz CT molecular complexity index is 768. The summed E-state index contributed by atoms with van der Waals surface area (Å²) in [6.45, 7) is 4.14. The molecule has 190 valence electrons. The number of aldehydes is 1. The van der Waals surface area contributed by atoms with Crippen LogP contribution in [0, 0.1) is 28.6 Å². The van der Waals surface area contributed by atoms with Crippen molar-refractivity contribution in [3.05, 3.63) is 11.6 Å². The molecule has 2 aliphatic heterocycles. The molecule has 2 unspecified atom stereocenters. The van der Waals surface area contributed by atoms with Gasteiger partial charge < -0.3 is 23.7 Å². The third-order valence-corrected chi connectivity index (χ3v) is 10.7. The van der Waals surface area contributed by atoms with Gasteiger partial charge in [0, 0.05) is 13.2 Å². The van der Waals surface area contributed by atoms with E-state index in [1.54, 1.807) is 0 Å². The molecule has 0 aromatic rings. The van der Waals surface area contributed by atoms with Crippen LogP contribution in [0.25, 0.3) is 0 Å². The Morgan fingerprint density at radius 2 is 1.65 bits per heavy atom. The first-order valence-electron chi connectivity index (χ1n) is 14.3. The van der Waals surface area contributed by atoms with Gasteiger partial charge in [-0.2, -0.15) is 0 Å². The molecular formula is C29H44O5. The first-order valence-corrected chi connectivity index (χ1v) is 14.3. The summed E-state index contributed by atoms with van der Waals surface area (Å²) in [7, 11) is 0. The number of allylic oxidation sites excluding steroid dienone is 1. The Labute approximate surface area is 205 Å². The van der Waals surface area contributed by atoms with Crippen LogP contribution >= 0.6 is 0 Å². The minimum absolute atomic E-state index is 0.00496. The number of fused-ring (bicyclic) bond motifs is 5. The normalized spacial score (nSPS) is 48.9. The molecule has 0 aromatic heterocycles. The van der Waals surface area contributed by atoms with Crippen molar-refractivity contribution in [3.63, 3.8) is 0 Å². The first-order chi connectivity index (χ1) is 16.6. The highest BCUT2D eigenvalue weighted by Crippen LogP contribution is 2.65. The highest BCUT2D eigenvalue weighted by Gasteiger charge is 2.60. The zero-order valence-corrected chi connectivity index (χ0v) is 21.1. The summed E-state index contributed by atoms with van der Waals surface area (Å²) in [6.07, 6.45) is 19.7. The maximum Gasteiger partial charge on any atom is 0.157 e. The van der Waals surface area contributed by atoms with Crippen molar-refractivity contribution in [3.8, 4) is 0 Å². The van der Waals surface area contributed by atoms with Crippen molar-refractivity contribution in [2.24, 2.45) is 28.6 Å². The molecule has 34 heavy (non-hydrogen) atoms. The molecule has 2 heterocycles. The standard InChI is InChI=1S/C29H44O5/c1-28-14-13-24-22(23(28)10-11-25(28)34-27-7-3-5-17-32-27)9-8-20-18-21(12-15-29(20,24)19-30)33-26-6-2-4-16-31-26/h8,19,21-27H,2-7,9-18H2,1H3/t21-,22-,23-,24-,25-,26?,27?,28-,29+/m0/s1. The van der Waals surface area contributed by atoms with Gasteiger partial charge in [-0.1, -0.05) is 18.6 Å². The first kappa shape index (κ1) is 23.6. The van der Waals surface area contributed by atoms with Gasteiger partial charge in [-0.15, -0.1) is 0 Å². The van der Waals surface area contributed by atoms with E-state index in [1.807, 2.05) is 0 Å². The summed E-state index contributed by atoms with van der Waals surface area (Å²) in [5, 5.41) is 0. The predicted molar refractivity (Wildman–Crippen MR) is 129 cm³/mol. The van der Waals surface area contributed by atoms with Crippen molar-refractivity contribution < 1.29 is 23.7 Å². The van der Waals surface area contributed by atoms with Gasteiger partial charge in [0.1, 0.15) is 6.29 Å². The zero-order chi connectivity index (χ0) is 23.2.